The molecule has 4 aromatic carbocycles. The first-order chi connectivity index (χ1) is 16.6. The molecule has 4 nitrogen and oxygen atoms in total. The zero-order valence-corrected chi connectivity index (χ0v) is 20.0. The topological polar surface area (TPSA) is 49.4 Å². The molecule has 1 aliphatic rings. The average Bonchev–Trinajstić information content (AvgIpc) is 3.23. The van der Waals surface area contributed by atoms with Crippen LogP contribution in [-0.4, -0.2) is 22.5 Å². The third kappa shape index (κ3) is 4.81. The van der Waals surface area contributed by atoms with Gasteiger partial charge in [-0.3, -0.25) is 9.59 Å². The Bertz CT molecular complexity index is 1330. The van der Waals surface area contributed by atoms with Gasteiger partial charge in [-0.25, -0.2) is 0 Å². The van der Waals surface area contributed by atoms with E-state index in [1.807, 2.05) is 77.7 Å². The SMILES string of the molecule is O=C(NCc1cccc2ccccc12)c1ccc(C2SCC(=O)N2Cc2ccc(Cl)cc2)cc1. The van der Waals surface area contributed by atoms with Crippen LogP contribution in [-0.2, 0) is 17.9 Å². The van der Waals surface area contributed by atoms with Crippen LogP contribution >= 0.6 is 23.4 Å². The predicted molar refractivity (Wildman–Crippen MR) is 139 cm³/mol. The second-order valence-electron chi connectivity index (χ2n) is 8.25. The minimum atomic E-state index is -0.118. The van der Waals surface area contributed by atoms with E-state index in [4.69, 9.17) is 11.6 Å². The van der Waals surface area contributed by atoms with Gasteiger partial charge in [-0.1, -0.05) is 78.3 Å². The van der Waals surface area contributed by atoms with Crippen LogP contribution in [0.5, 0.6) is 0 Å². The molecule has 0 aliphatic carbocycles. The lowest BCUT2D eigenvalue weighted by Gasteiger charge is -2.24. The molecule has 1 fully saturated rings. The largest absolute Gasteiger partial charge is 0.348 e. The van der Waals surface area contributed by atoms with Crippen molar-refractivity contribution in [3.63, 3.8) is 0 Å². The van der Waals surface area contributed by atoms with Crippen LogP contribution in [0.2, 0.25) is 5.02 Å². The molecule has 6 heteroatoms. The van der Waals surface area contributed by atoms with Gasteiger partial charge in [0.2, 0.25) is 5.91 Å². The van der Waals surface area contributed by atoms with Crippen LogP contribution < -0.4 is 5.32 Å². The summed E-state index contributed by atoms with van der Waals surface area (Å²) in [6.07, 6.45) is 0. The van der Waals surface area contributed by atoms with E-state index in [1.54, 1.807) is 11.8 Å². The van der Waals surface area contributed by atoms with Crippen LogP contribution in [0.15, 0.2) is 91.0 Å². The van der Waals surface area contributed by atoms with Gasteiger partial charge in [0.15, 0.2) is 0 Å². The summed E-state index contributed by atoms with van der Waals surface area (Å²) in [7, 11) is 0. The average molecular weight is 487 g/mol. The number of amides is 2. The molecule has 0 aromatic heterocycles. The molecular weight excluding hydrogens is 464 g/mol. The number of hydrogen-bond donors (Lipinski definition) is 1. The molecule has 5 rings (SSSR count). The van der Waals surface area contributed by atoms with Gasteiger partial charge in [0.1, 0.15) is 5.37 Å². The van der Waals surface area contributed by atoms with Gasteiger partial charge >= 0.3 is 0 Å². The Morgan fingerprint density at radius 3 is 2.47 bits per heavy atom. The Labute approximate surface area is 207 Å². The van der Waals surface area contributed by atoms with E-state index in [9.17, 15) is 9.59 Å². The standard InChI is InChI=1S/C28H23ClN2O2S/c29-24-14-8-19(9-15-24)17-31-26(32)18-34-28(31)22-12-10-21(11-13-22)27(33)30-16-23-6-3-5-20-4-1-2-7-25(20)23/h1-15,28H,16-18H2,(H,30,33). The summed E-state index contributed by atoms with van der Waals surface area (Å²) < 4.78 is 0. The highest BCUT2D eigenvalue weighted by molar-refractivity contribution is 8.00. The molecule has 2 amide bonds. The molecule has 1 atom stereocenters. The van der Waals surface area contributed by atoms with Gasteiger partial charge in [-0.05, 0) is 51.7 Å². The van der Waals surface area contributed by atoms with Crippen LogP contribution in [0.1, 0.15) is 32.4 Å². The van der Waals surface area contributed by atoms with Gasteiger partial charge in [-0.15, -0.1) is 11.8 Å². The Morgan fingerprint density at radius 1 is 0.941 bits per heavy atom. The van der Waals surface area contributed by atoms with Gasteiger partial charge in [-0.2, -0.15) is 0 Å². The van der Waals surface area contributed by atoms with Gasteiger partial charge < -0.3 is 10.2 Å². The number of rotatable bonds is 6. The second kappa shape index (κ2) is 9.92. The summed E-state index contributed by atoms with van der Waals surface area (Å²) in [5.74, 6) is 0.445. The lowest BCUT2D eigenvalue weighted by atomic mass is 10.0. The van der Waals surface area contributed by atoms with Crippen molar-refractivity contribution in [3.05, 3.63) is 118 Å². The Hall–Kier alpha value is -3.28. The molecule has 1 heterocycles. The summed E-state index contributed by atoms with van der Waals surface area (Å²) in [4.78, 5) is 27.2. The van der Waals surface area contributed by atoms with Crippen molar-refractivity contribution in [2.75, 3.05) is 5.75 Å². The summed E-state index contributed by atoms with van der Waals surface area (Å²) in [6.45, 7) is 0.991. The van der Waals surface area contributed by atoms with Gasteiger partial charge in [0.25, 0.3) is 5.91 Å². The number of halogens is 1. The molecule has 1 aliphatic heterocycles. The third-order valence-corrected chi connectivity index (χ3v) is 7.52. The van der Waals surface area contributed by atoms with E-state index in [2.05, 4.69) is 23.5 Å². The van der Waals surface area contributed by atoms with E-state index >= 15 is 0 Å². The van der Waals surface area contributed by atoms with Crippen molar-refractivity contribution < 1.29 is 9.59 Å². The number of carbonyl (C=O) groups excluding carboxylic acids is 2. The Morgan fingerprint density at radius 2 is 1.68 bits per heavy atom. The number of thioether (sulfide) groups is 1. The summed E-state index contributed by atoms with van der Waals surface area (Å²) in [5, 5.41) is 5.94. The smallest absolute Gasteiger partial charge is 0.251 e. The van der Waals surface area contributed by atoms with Gasteiger partial charge in [0, 0.05) is 23.7 Å². The van der Waals surface area contributed by atoms with Crippen molar-refractivity contribution in [1.29, 1.82) is 0 Å². The van der Waals surface area contributed by atoms with Crippen LogP contribution in [0.3, 0.4) is 0 Å². The second-order valence-corrected chi connectivity index (χ2v) is 9.76. The normalized spacial score (nSPS) is 15.6. The molecule has 0 radical (unpaired) electrons. The van der Waals surface area contributed by atoms with Crippen LogP contribution in [0.4, 0.5) is 0 Å². The molecule has 0 spiro atoms. The molecule has 170 valence electrons. The van der Waals surface area contributed by atoms with Crippen molar-refractivity contribution in [1.82, 2.24) is 10.2 Å². The minimum Gasteiger partial charge on any atom is -0.348 e. The third-order valence-electron chi connectivity index (χ3n) is 6.01. The van der Waals surface area contributed by atoms with Crippen molar-refractivity contribution >= 4 is 45.9 Å². The number of fused-ring (bicyclic) bond motifs is 1. The fourth-order valence-electron chi connectivity index (χ4n) is 4.21. The summed E-state index contributed by atoms with van der Waals surface area (Å²) in [6, 6.07) is 29.4. The predicted octanol–water partition coefficient (Wildman–Crippen LogP) is 6.20. The number of benzene rings is 4. The molecule has 1 N–H and O–H groups in total. The van der Waals surface area contributed by atoms with E-state index in [-0.39, 0.29) is 17.2 Å². The molecule has 34 heavy (non-hydrogen) atoms. The number of hydrogen-bond acceptors (Lipinski definition) is 3. The summed E-state index contributed by atoms with van der Waals surface area (Å²) >= 11 is 7.59. The first-order valence-electron chi connectivity index (χ1n) is 11.1. The molecule has 0 saturated carbocycles. The molecular formula is C28H23ClN2O2S. The van der Waals surface area contributed by atoms with E-state index < -0.39 is 0 Å². The monoisotopic (exact) mass is 486 g/mol. The molecule has 1 unspecified atom stereocenters. The maximum absolute atomic E-state index is 12.8. The number of nitrogens with one attached hydrogen (secondary N) is 1. The van der Waals surface area contributed by atoms with Gasteiger partial charge in [0.05, 0.1) is 5.75 Å². The highest BCUT2D eigenvalue weighted by atomic mass is 35.5. The fraction of sp³-hybridized carbons (Fsp3) is 0.143. The number of carbonyl (C=O) groups is 2. The lowest BCUT2D eigenvalue weighted by Crippen LogP contribution is -2.27. The maximum Gasteiger partial charge on any atom is 0.251 e. The highest BCUT2D eigenvalue weighted by Gasteiger charge is 2.32. The first kappa shape index (κ1) is 22.5. The minimum absolute atomic E-state index is 0.0732. The highest BCUT2D eigenvalue weighted by Crippen LogP contribution is 2.39. The lowest BCUT2D eigenvalue weighted by molar-refractivity contribution is -0.128. The van der Waals surface area contributed by atoms with E-state index in [0.29, 0.717) is 29.4 Å². The van der Waals surface area contributed by atoms with E-state index in [1.165, 1.54) is 0 Å². The molecule has 1 saturated heterocycles. The zero-order valence-electron chi connectivity index (χ0n) is 18.4. The van der Waals surface area contributed by atoms with Crippen molar-refractivity contribution in [2.24, 2.45) is 0 Å². The quantitative estimate of drug-likeness (QED) is 0.353. The molecule has 0 bridgehead atoms. The van der Waals surface area contributed by atoms with Crippen molar-refractivity contribution in [2.45, 2.75) is 18.5 Å². The number of nitrogens with zero attached hydrogens (tertiary/aromatic N) is 1. The van der Waals surface area contributed by atoms with Crippen molar-refractivity contribution in [3.8, 4) is 0 Å². The Kier molecular flexibility index (Phi) is 6.57. The first-order valence-corrected chi connectivity index (χ1v) is 12.5. The van der Waals surface area contributed by atoms with Crippen LogP contribution in [0, 0.1) is 0 Å². The summed E-state index contributed by atoms with van der Waals surface area (Å²) in [5.41, 5.74) is 3.73. The fourth-order valence-corrected chi connectivity index (χ4v) is 5.52. The van der Waals surface area contributed by atoms with E-state index in [0.717, 1.165) is 27.5 Å². The Balaban J connectivity index is 1.26. The maximum atomic E-state index is 12.8. The zero-order chi connectivity index (χ0) is 23.5. The van der Waals surface area contributed by atoms with Crippen LogP contribution in [0.25, 0.3) is 10.8 Å². The molecule has 4 aromatic rings.